The van der Waals surface area contributed by atoms with Crippen LogP contribution >= 0.6 is 0 Å². The Morgan fingerprint density at radius 1 is 1.20 bits per heavy atom. The first-order chi connectivity index (χ1) is 19.8. The van der Waals surface area contributed by atoms with Crippen molar-refractivity contribution in [1.29, 1.82) is 5.26 Å². The van der Waals surface area contributed by atoms with Crippen molar-refractivity contribution < 1.29 is 18.3 Å². The molecule has 4 aromatic heterocycles. The molecular formula is C28H30F3N9O. The largest absolute Gasteiger partial charge is 0.433 e. The van der Waals surface area contributed by atoms with E-state index in [0.717, 1.165) is 67.1 Å². The smallest absolute Gasteiger partial charge is 0.396 e. The van der Waals surface area contributed by atoms with E-state index in [1.54, 1.807) is 12.3 Å². The van der Waals surface area contributed by atoms with Gasteiger partial charge in [-0.05, 0) is 55.9 Å². The molecule has 0 amide bonds. The first-order valence-corrected chi connectivity index (χ1v) is 13.7. The Morgan fingerprint density at radius 3 is 2.73 bits per heavy atom. The minimum atomic E-state index is -4.55. The quantitative estimate of drug-likeness (QED) is 0.291. The van der Waals surface area contributed by atoms with E-state index in [2.05, 4.69) is 41.3 Å². The molecule has 0 unspecified atom stereocenters. The van der Waals surface area contributed by atoms with Crippen LogP contribution in [0, 0.1) is 11.3 Å². The highest BCUT2D eigenvalue weighted by Gasteiger charge is 2.49. The van der Waals surface area contributed by atoms with Gasteiger partial charge in [0.05, 0.1) is 29.9 Å². The number of likely N-dealkylation sites (tertiary alicyclic amines) is 1. The fraction of sp³-hybridized carbons (Fsp3) is 0.464. The molecule has 5 heterocycles. The number of piperidine rings is 1. The Morgan fingerprint density at radius 2 is 2.00 bits per heavy atom. The average molecular weight is 566 g/mol. The van der Waals surface area contributed by atoms with Gasteiger partial charge in [-0.1, -0.05) is 0 Å². The summed E-state index contributed by atoms with van der Waals surface area (Å²) in [6.07, 6.45) is 6.15. The SMILES string of the molecule is N#CC[C@]1(n2cc(-c3ncnc4[nH]ccc34)cn2)C[C@@H](N2CCC(Nc3cc(CCO)cc(C(F)(F)F)n3)CC2)C1. The highest BCUT2D eigenvalue weighted by atomic mass is 19.4. The van der Waals surface area contributed by atoms with Crippen LogP contribution in [-0.4, -0.2) is 71.5 Å². The van der Waals surface area contributed by atoms with Crippen LogP contribution in [0.15, 0.2) is 43.1 Å². The number of aromatic nitrogens is 6. The van der Waals surface area contributed by atoms with Gasteiger partial charge in [0.2, 0.25) is 0 Å². The fourth-order valence-corrected chi connectivity index (χ4v) is 6.14. The monoisotopic (exact) mass is 565 g/mol. The van der Waals surface area contributed by atoms with Crippen LogP contribution in [0.5, 0.6) is 0 Å². The lowest BCUT2D eigenvalue weighted by Crippen LogP contribution is -2.58. The van der Waals surface area contributed by atoms with E-state index in [4.69, 9.17) is 0 Å². The van der Waals surface area contributed by atoms with Crippen LogP contribution < -0.4 is 5.32 Å². The number of aliphatic hydroxyl groups excluding tert-OH is 1. The number of aliphatic hydroxyl groups is 1. The molecule has 6 rings (SSSR count). The van der Waals surface area contributed by atoms with Gasteiger partial charge >= 0.3 is 6.18 Å². The predicted octanol–water partition coefficient (Wildman–Crippen LogP) is 4.12. The molecular weight excluding hydrogens is 535 g/mol. The number of rotatable bonds is 8. The number of nitriles is 1. The lowest BCUT2D eigenvalue weighted by molar-refractivity contribution is -0.141. The first kappa shape index (κ1) is 27.2. The molecule has 2 fully saturated rings. The van der Waals surface area contributed by atoms with Gasteiger partial charge in [-0.15, -0.1) is 0 Å². The van der Waals surface area contributed by atoms with E-state index in [9.17, 15) is 23.5 Å². The van der Waals surface area contributed by atoms with Gasteiger partial charge in [0.25, 0.3) is 0 Å². The standard InChI is InChI=1S/C28H30F3N9O/c29-28(30,31)23-11-18(4-10-41)12-24(38-23)37-20-2-8-39(9-3-20)21-13-27(14-21,5-6-32)40-16-19(15-36-40)25-22-1-7-33-26(22)35-17-34-25/h1,7,11-12,15-17,20-21,41H,2-5,8-10,13-14H2,(H,37,38)(H,33,34,35)/t21-,27+. The van der Waals surface area contributed by atoms with Crippen molar-refractivity contribution in [3.63, 3.8) is 0 Å². The van der Waals surface area contributed by atoms with Crippen molar-refractivity contribution in [3.05, 3.63) is 54.4 Å². The Bertz CT molecular complexity index is 1560. The lowest BCUT2D eigenvalue weighted by atomic mass is 9.69. The molecule has 214 valence electrons. The van der Waals surface area contributed by atoms with Gasteiger partial charge in [-0.3, -0.25) is 4.68 Å². The molecule has 0 radical (unpaired) electrons. The van der Waals surface area contributed by atoms with Gasteiger partial charge in [0, 0.05) is 55.1 Å². The summed E-state index contributed by atoms with van der Waals surface area (Å²) in [5.74, 6) is 0.188. The van der Waals surface area contributed by atoms with Crippen molar-refractivity contribution in [2.75, 3.05) is 25.0 Å². The third-order valence-corrected chi connectivity index (χ3v) is 8.31. The van der Waals surface area contributed by atoms with Gasteiger partial charge < -0.3 is 20.3 Å². The molecule has 1 saturated carbocycles. The molecule has 1 aliphatic carbocycles. The topological polar surface area (TPSA) is 132 Å². The summed E-state index contributed by atoms with van der Waals surface area (Å²) in [7, 11) is 0. The van der Waals surface area contributed by atoms with Crippen LogP contribution in [0.4, 0.5) is 19.0 Å². The fourth-order valence-electron chi connectivity index (χ4n) is 6.14. The molecule has 41 heavy (non-hydrogen) atoms. The minimum Gasteiger partial charge on any atom is -0.396 e. The highest BCUT2D eigenvalue weighted by molar-refractivity contribution is 5.90. The summed E-state index contributed by atoms with van der Waals surface area (Å²) in [6.45, 7) is 1.36. The number of nitrogens with zero attached hydrogens (tertiary/aromatic N) is 7. The number of hydrogen-bond donors (Lipinski definition) is 3. The second-order valence-corrected chi connectivity index (χ2v) is 10.9. The Balaban J connectivity index is 1.09. The third kappa shape index (κ3) is 5.37. The zero-order chi connectivity index (χ0) is 28.6. The van der Waals surface area contributed by atoms with Crippen LogP contribution in [0.2, 0.25) is 0 Å². The van der Waals surface area contributed by atoms with Gasteiger partial charge in [0.1, 0.15) is 23.5 Å². The number of fused-ring (bicyclic) bond motifs is 1. The molecule has 2 aliphatic rings. The van der Waals surface area contributed by atoms with Crippen molar-refractivity contribution >= 4 is 16.9 Å². The van der Waals surface area contributed by atoms with Crippen LogP contribution in [-0.2, 0) is 18.1 Å². The number of hydrogen-bond acceptors (Lipinski definition) is 8. The summed E-state index contributed by atoms with van der Waals surface area (Å²) in [5, 5.41) is 27.6. The number of halogens is 3. The Kier molecular flexibility index (Phi) is 7.13. The molecule has 0 aromatic carbocycles. The summed E-state index contributed by atoms with van der Waals surface area (Å²) in [4.78, 5) is 18.0. The molecule has 4 aromatic rings. The number of H-pyrrole nitrogens is 1. The molecule has 13 heteroatoms. The minimum absolute atomic E-state index is 0.0000408. The molecule has 0 spiro atoms. The van der Waals surface area contributed by atoms with Crippen molar-refractivity contribution in [1.82, 2.24) is 34.6 Å². The van der Waals surface area contributed by atoms with Crippen molar-refractivity contribution in [2.45, 2.75) is 62.3 Å². The van der Waals surface area contributed by atoms with Crippen molar-refractivity contribution in [3.8, 4) is 17.3 Å². The second-order valence-electron chi connectivity index (χ2n) is 10.9. The zero-order valence-electron chi connectivity index (χ0n) is 22.3. The highest BCUT2D eigenvalue weighted by Crippen LogP contribution is 2.45. The Labute approximate surface area is 234 Å². The number of aromatic amines is 1. The number of pyridine rings is 1. The van der Waals surface area contributed by atoms with Crippen LogP contribution in [0.3, 0.4) is 0 Å². The summed E-state index contributed by atoms with van der Waals surface area (Å²) in [6, 6.07) is 7.16. The maximum atomic E-state index is 13.3. The molecule has 0 atom stereocenters. The maximum Gasteiger partial charge on any atom is 0.433 e. The van der Waals surface area contributed by atoms with Gasteiger partial charge in [-0.25, -0.2) is 15.0 Å². The molecule has 3 N–H and O–H groups in total. The van der Waals surface area contributed by atoms with E-state index in [0.29, 0.717) is 18.0 Å². The van der Waals surface area contributed by atoms with E-state index < -0.39 is 11.9 Å². The molecule has 0 bridgehead atoms. The molecule has 10 nitrogen and oxygen atoms in total. The van der Waals surface area contributed by atoms with Crippen molar-refractivity contribution in [2.24, 2.45) is 0 Å². The number of alkyl halides is 3. The first-order valence-electron chi connectivity index (χ1n) is 13.7. The third-order valence-electron chi connectivity index (χ3n) is 8.31. The second kappa shape index (κ2) is 10.8. The summed E-state index contributed by atoms with van der Waals surface area (Å²) >= 11 is 0. The van der Waals surface area contributed by atoms with Crippen LogP contribution in [0.1, 0.15) is 43.4 Å². The summed E-state index contributed by atoms with van der Waals surface area (Å²) in [5.41, 5.74) is 1.48. The van der Waals surface area contributed by atoms with Gasteiger partial charge in [0.15, 0.2) is 0 Å². The Hall–Kier alpha value is -4.02. The number of nitrogens with one attached hydrogen (secondary N) is 2. The predicted molar refractivity (Wildman–Crippen MR) is 145 cm³/mol. The lowest BCUT2D eigenvalue weighted by Gasteiger charge is -2.52. The van der Waals surface area contributed by atoms with E-state index in [1.165, 1.54) is 6.33 Å². The molecule has 1 saturated heterocycles. The van der Waals surface area contributed by atoms with E-state index in [1.807, 2.05) is 23.1 Å². The maximum absolute atomic E-state index is 13.3. The van der Waals surface area contributed by atoms with E-state index in [-0.39, 0.29) is 30.4 Å². The summed E-state index contributed by atoms with van der Waals surface area (Å²) < 4.78 is 41.9. The zero-order valence-corrected chi connectivity index (χ0v) is 22.3. The number of anilines is 1. The van der Waals surface area contributed by atoms with E-state index >= 15 is 0 Å². The van der Waals surface area contributed by atoms with Crippen LogP contribution in [0.25, 0.3) is 22.3 Å². The molecule has 1 aliphatic heterocycles. The normalized spacial score (nSPS) is 22.0. The average Bonchev–Trinajstić information content (AvgIpc) is 3.61. The van der Waals surface area contributed by atoms with Gasteiger partial charge in [-0.2, -0.15) is 23.5 Å².